The zero-order valence-electron chi connectivity index (χ0n) is 19.3. The molecular formula is C27H20F2N4O4. The number of hydrogen-bond donors (Lipinski definition) is 2. The van der Waals surface area contributed by atoms with Crippen LogP contribution in [0.2, 0.25) is 0 Å². The minimum Gasteiger partial charge on any atom is -0.507 e. The fourth-order valence-corrected chi connectivity index (χ4v) is 3.95. The van der Waals surface area contributed by atoms with Crippen LogP contribution in [0, 0.1) is 17.0 Å². The van der Waals surface area contributed by atoms with Crippen LogP contribution in [0.4, 0.5) is 20.2 Å². The molecule has 1 fully saturated rings. The van der Waals surface area contributed by atoms with Gasteiger partial charge < -0.3 is 15.6 Å². The molecule has 1 aliphatic carbocycles. The minimum atomic E-state index is -1.39. The van der Waals surface area contributed by atoms with E-state index < -0.39 is 28.9 Å². The Balaban J connectivity index is 1.48. The molecule has 0 aliphatic heterocycles. The summed E-state index contributed by atoms with van der Waals surface area (Å²) in [4.78, 5) is 34.5. The summed E-state index contributed by atoms with van der Waals surface area (Å²) >= 11 is 0. The number of hydrogen-bond acceptors (Lipinski definition) is 6. The van der Waals surface area contributed by atoms with E-state index in [-0.39, 0.29) is 41.5 Å². The number of carbonyl (C=O) groups excluding carboxylic acids is 2. The van der Waals surface area contributed by atoms with Crippen LogP contribution in [0.3, 0.4) is 0 Å². The number of primary amides is 1. The van der Waals surface area contributed by atoms with Gasteiger partial charge in [0.15, 0.2) is 11.6 Å². The molecule has 1 heterocycles. The summed E-state index contributed by atoms with van der Waals surface area (Å²) in [5.74, 6) is -2.65. The van der Waals surface area contributed by atoms with E-state index in [4.69, 9.17) is 10.5 Å². The summed E-state index contributed by atoms with van der Waals surface area (Å²) in [7, 11) is 0. The van der Waals surface area contributed by atoms with Gasteiger partial charge in [0.1, 0.15) is 29.1 Å². The number of nitrogens with two attached hydrogens (primary N) is 1. The van der Waals surface area contributed by atoms with Crippen LogP contribution in [-0.2, 0) is 9.59 Å². The van der Waals surface area contributed by atoms with Gasteiger partial charge in [-0.25, -0.2) is 18.7 Å². The predicted molar refractivity (Wildman–Crippen MR) is 130 cm³/mol. The number of ether oxygens (including phenoxy) is 1. The molecule has 8 nitrogen and oxygen atoms in total. The van der Waals surface area contributed by atoms with Gasteiger partial charge in [-0.15, -0.1) is 0 Å². The van der Waals surface area contributed by atoms with E-state index >= 15 is 4.39 Å². The van der Waals surface area contributed by atoms with Crippen molar-refractivity contribution >= 4 is 23.2 Å². The van der Waals surface area contributed by atoms with Crippen molar-refractivity contribution in [1.29, 1.82) is 0 Å². The number of halogens is 2. The number of phenols is 1. The van der Waals surface area contributed by atoms with E-state index in [1.807, 2.05) is 0 Å². The second-order valence-electron chi connectivity index (χ2n) is 8.55. The van der Waals surface area contributed by atoms with Crippen LogP contribution >= 0.6 is 0 Å². The molecule has 0 atom stereocenters. The maximum Gasteiger partial charge on any atom is 0.247 e. The van der Waals surface area contributed by atoms with Crippen LogP contribution in [0.15, 0.2) is 79.3 Å². The van der Waals surface area contributed by atoms with E-state index in [9.17, 15) is 19.1 Å². The van der Waals surface area contributed by atoms with Gasteiger partial charge in [0.25, 0.3) is 0 Å². The molecule has 10 heteroatoms. The minimum absolute atomic E-state index is 0.0428. The van der Waals surface area contributed by atoms with Gasteiger partial charge in [-0.3, -0.25) is 14.5 Å². The van der Waals surface area contributed by atoms with Gasteiger partial charge in [-0.05, 0) is 73.5 Å². The molecule has 0 spiro atoms. The van der Waals surface area contributed by atoms with E-state index in [0.717, 1.165) is 23.1 Å². The van der Waals surface area contributed by atoms with Gasteiger partial charge in [0.2, 0.25) is 11.8 Å². The smallest absolute Gasteiger partial charge is 0.247 e. The summed E-state index contributed by atoms with van der Waals surface area (Å²) in [5, 5.41) is 10.2. The molecule has 4 aromatic rings. The standard InChI is InChI=1S/C27H20F2N4O4/c28-16-1-3-17(4-2-16)33(26(36)27(10-11-27)25(30)35)18-5-8-24(21(29)13-18)37-19-6-7-23(34)20(14-19)22-9-12-31-15-32-22/h1-9,12-15,34H,10-11H2,(H2,30,35). The van der Waals surface area contributed by atoms with E-state index in [1.165, 1.54) is 55.0 Å². The fourth-order valence-electron chi connectivity index (χ4n) is 3.95. The number of aromatic hydroxyl groups is 1. The highest BCUT2D eigenvalue weighted by atomic mass is 19.1. The van der Waals surface area contributed by atoms with Crippen LogP contribution in [-0.4, -0.2) is 26.9 Å². The van der Waals surface area contributed by atoms with Crippen molar-refractivity contribution in [2.45, 2.75) is 12.8 Å². The molecule has 0 bridgehead atoms. The number of carbonyl (C=O) groups is 2. The Kier molecular flexibility index (Phi) is 6.00. The van der Waals surface area contributed by atoms with Crippen molar-refractivity contribution in [1.82, 2.24) is 9.97 Å². The lowest BCUT2D eigenvalue weighted by Crippen LogP contribution is -2.41. The normalized spacial score (nSPS) is 13.6. The van der Waals surface area contributed by atoms with Gasteiger partial charge in [-0.1, -0.05) is 0 Å². The SMILES string of the molecule is NC(=O)C1(C(=O)N(c2ccc(F)cc2)c2ccc(Oc3ccc(O)c(-c4ccncn4)c3)c(F)c2)CC1. The average molecular weight is 502 g/mol. The summed E-state index contributed by atoms with van der Waals surface area (Å²) < 4.78 is 34.5. The number of nitrogens with zero attached hydrogens (tertiary/aromatic N) is 3. The van der Waals surface area contributed by atoms with Crippen molar-refractivity contribution in [3.63, 3.8) is 0 Å². The van der Waals surface area contributed by atoms with E-state index in [0.29, 0.717) is 11.3 Å². The predicted octanol–water partition coefficient (Wildman–Crippen LogP) is 4.85. The van der Waals surface area contributed by atoms with Gasteiger partial charge in [-0.2, -0.15) is 0 Å². The lowest BCUT2D eigenvalue weighted by atomic mass is 10.0. The highest BCUT2D eigenvalue weighted by Crippen LogP contribution is 2.49. The van der Waals surface area contributed by atoms with Crippen molar-refractivity contribution in [2.75, 3.05) is 4.90 Å². The Labute approximate surface area is 210 Å². The van der Waals surface area contributed by atoms with Crippen LogP contribution in [0.1, 0.15) is 12.8 Å². The maximum absolute atomic E-state index is 15.2. The first-order chi connectivity index (χ1) is 17.8. The first-order valence-corrected chi connectivity index (χ1v) is 11.3. The average Bonchev–Trinajstić information content (AvgIpc) is 3.71. The van der Waals surface area contributed by atoms with Crippen molar-refractivity contribution in [3.8, 4) is 28.5 Å². The molecule has 1 aromatic heterocycles. The summed E-state index contributed by atoms with van der Waals surface area (Å²) in [6.07, 6.45) is 3.40. The first-order valence-electron chi connectivity index (χ1n) is 11.3. The third-order valence-corrected chi connectivity index (χ3v) is 6.15. The number of amides is 2. The highest BCUT2D eigenvalue weighted by Gasteiger charge is 2.57. The largest absolute Gasteiger partial charge is 0.507 e. The molecule has 3 aromatic carbocycles. The summed E-state index contributed by atoms with van der Waals surface area (Å²) in [6, 6.07) is 14.9. The number of rotatable bonds is 7. The lowest BCUT2D eigenvalue weighted by Gasteiger charge is -2.26. The summed E-state index contributed by atoms with van der Waals surface area (Å²) in [6.45, 7) is 0. The number of aromatic nitrogens is 2. The van der Waals surface area contributed by atoms with Gasteiger partial charge in [0, 0.05) is 23.5 Å². The Bertz CT molecular complexity index is 1490. The number of anilines is 2. The van der Waals surface area contributed by atoms with Crippen molar-refractivity contribution < 1.29 is 28.2 Å². The van der Waals surface area contributed by atoms with Gasteiger partial charge >= 0.3 is 0 Å². The molecule has 5 rings (SSSR count). The molecule has 0 unspecified atom stereocenters. The third-order valence-electron chi connectivity index (χ3n) is 6.15. The van der Waals surface area contributed by atoms with Crippen LogP contribution < -0.4 is 15.4 Å². The van der Waals surface area contributed by atoms with Gasteiger partial charge in [0.05, 0.1) is 11.4 Å². The quantitative estimate of drug-likeness (QED) is 0.349. The molecule has 1 aliphatic rings. The number of phenolic OH excluding ortho intramolecular Hbond substituents is 1. The monoisotopic (exact) mass is 502 g/mol. The molecule has 3 N–H and O–H groups in total. The fraction of sp³-hybridized carbons (Fsp3) is 0.111. The zero-order valence-corrected chi connectivity index (χ0v) is 19.3. The Hall–Kier alpha value is -4.86. The molecule has 186 valence electrons. The van der Waals surface area contributed by atoms with Crippen LogP contribution in [0.25, 0.3) is 11.3 Å². The summed E-state index contributed by atoms with van der Waals surface area (Å²) in [5.41, 5.74) is 5.28. The Morgan fingerprint density at radius 2 is 1.70 bits per heavy atom. The topological polar surface area (TPSA) is 119 Å². The third kappa shape index (κ3) is 4.56. The van der Waals surface area contributed by atoms with Crippen molar-refractivity contribution in [2.24, 2.45) is 11.1 Å². The molecule has 0 radical (unpaired) electrons. The zero-order chi connectivity index (χ0) is 26.2. The first kappa shape index (κ1) is 23.9. The molecule has 1 saturated carbocycles. The molecule has 37 heavy (non-hydrogen) atoms. The number of benzene rings is 3. The molecule has 0 saturated heterocycles. The molecule has 2 amide bonds. The molecular weight excluding hydrogens is 482 g/mol. The lowest BCUT2D eigenvalue weighted by molar-refractivity contribution is -0.133. The highest BCUT2D eigenvalue weighted by molar-refractivity contribution is 6.16. The second kappa shape index (κ2) is 9.30. The Morgan fingerprint density at radius 3 is 2.32 bits per heavy atom. The maximum atomic E-state index is 15.2. The van der Waals surface area contributed by atoms with E-state index in [2.05, 4.69) is 9.97 Å². The Morgan fingerprint density at radius 1 is 0.973 bits per heavy atom. The van der Waals surface area contributed by atoms with Crippen LogP contribution in [0.5, 0.6) is 17.2 Å². The van der Waals surface area contributed by atoms with E-state index in [1.54, 1.807) is 6.07 Å². The second-order valence-corrected chi connectivity index (χ2v) is 8.55. The van der Waals surface area contributed by atoms with Crippen molar-refractivity contribution in [3.05, 3.63) is 90.9 Å².